The summed E-state index contributed by atoms with van der Waals surface area (Å²) >= 11 is 0. The van der Waals surface area contributed by atoms with Crippen LogP contribution in [0.1, 0.15) is 13.8 Å². The van der Waals surface area contributed by atoms with Crippen molar-refractivity contribution >= 4 is 16.4 Å². The molecule has 0 saturated heterocycles. The quantitative estimate of drug-likeness (QED) is 0.459. The summed E-state index contributed by atoms with van der Waals surface area (Å²) in [6.45, 7) is 6.10. The summed E-state index contributed by atoms with van der Waals surface area (Å²) in [6, 6.07) is 0. The van der Waals surface area contributed by atoms with E-state index in [1.807, 2.05) is 0 Å². The first kappa shape index (κ1) is 16.5. The summed E-state index contributed by atoms with van der Waals surface area (Å²) in [7, 11) is -4.32. The zero-order valence-electron chi connectivity index (χ0n) is 8.50. The molecule has 1 atom stereocenters. The molecule has 8 heteroatoms. The van der Waals surface area contributed by atoms with Crippen LogP contribution in [-0.4, -0.2) is 36.7 Å². The van der Waals surface area contributed by atoms with Crippen LogP contribution < -0.4 is 5.73 Å². The molecule has 4 N–H and O–H groups in total. The Morgan fingerprint density at radius 1 is 1.60 bits per heavy atom. The third-order valence-electron chi connectivity index (χ3n) is 0.983. The molecule has 0 aliphatic rings. The van der Waals surface area contributed by atoms with E-state index < -0.39 is 22.5 Å². The van der Waals surface area contributed by atoms with E-state index in [2.05, 4.69) is 10.8 Å². The van der Waals surface area contributed by atoms with Crippen molar-refractivity contribution in [2.24, 2.45) is 5.73 Å². The average molecular weight is 241 g/mol. The second-order valence-corrected chi connectivity index (χ2v) is 3.70. The van der Waals surface area contributed by atoms with Crippen molar-refractivity contribution < 1.29 is 27.1 Å². The lowest BCUT2D eigenvalue weighted by Gasteiger charge is -2.04. The van der Waals surface area contributed by atoms with E-state index in [1.165, 1.54) is 13.8 Å². The molecule has 0 amide bonds. The summed E-state index contributed by atoms with van der Waals surface area (Å²) in [5.41, 5.74) is 5.15. The fourth-order valence-electron chi connectivity index (χ4n) is 0.247. The van der Waals surface area contributed by atoms with Gasteiger partial charge in [-0.25, -0.2) is 8.98 Å². The molecule has 15 heavy (non-hydrogen) atoms. The summed E-state index contributed by atoms with van der Waals surface area (Å²) in [5.74, 6) is -0.935. The number of rotatable bonds is 4. The molecule has 0 fully saturated rings. The van der Waals surface area contributed by atoms with Crippen LogP contribution in [0.5, 0.6) is 0 Å². The summed E-state index contributed by atoms with van der Waals surface area (Å²) < 4.78 is 31.8. The maximum Gasteiger partial charge on any atom is 0.397 e. The van der Waals surface area contributed by atoms with Gasteiger partial charge in [-0.3, -0.25) is 4.55 Å². The highest BCUT2D eigenvalue weighted by Gasteiger charge is 2.09. The monoisotopic (exact) mass is 241 g/mol. The van der Waals surface area contributed by atoms with Crippen LogP contribution in [-0.2, 0) is 19.4 Å². The number of carboxylic acid groups (broad SMARTS) is 1. The minimum absolute atomic E-state index is 0.0553. The van der Waals surface area contributed by atoms with Gasteiger partial charge in [-0.2, -0.15) is 8.42 Å². The van der Waals surface area contributed by atoms with Gasteiger partial charge in [0.05, 0.1) is 6.10 Å². The lowest BCUT2D eigenvalue weighted by atomic mass is 10.4. The SMILES string of the molecule is C=C(C)C(=O)O.CC(CN)OS(=O)(=O)O. The van der Waals surface area contributed by atoms with Crippen LogP contribution in [0.25, 0.3) is 0 Å². The molecule has 0 heterocycles. The molecular weight excluding hydrogens is 226 g/mol. The Hall–Kier alpha value is -0.960. The van der Waals surface area contributed by atoms with Gasteiger partial charge < -0.3 is 10.8 Å². The van der Waals surface area contributed by atoms with Crippen molar-refractivity contribution in [3.05, 3.63) is 12.2 Å². The van der Waals surface area contributed by atoms with Crippen molar-refractivity contribution in [2.75, 3.05) is 6.54 Å². The Morgan fingerprint density at radius 3 is 2.00 bits per heavy atom. The van der Waals surface area contributed by atoms with Crippen LogP contribution >= 0.6 is 0 Å². The topological polar surface area (TPSA) is 127 Å². The smallest absolute Gasteiger partial charge is 0.397 e. The number of hydrogen-bond donors (Lipinski definition) is 3. The van der Waals surface area contributed by atoms with E-state index in [1.54, 1.807) is 0 Å². The fraction of sp³-hybridized carbons (Fsp3) is 0.571. The van der Waals surface area contributed by atoms with E-state index >= 15 is 0 Å². The third-order valence-corrected chi connectivity index (χ3v) is 1.55. The Morgan fingerprint density at radius 2 is 1.93 bits per heavy atom. The maximum absolute atomic E-state index is 9.88. The first-order chi connectivity index (χ1) is 6.60. The average Bonchev–Trinajstić information content (AvgIpc) is 2.02. The van der Waals surface area contributed by atoms with Gasteiger partial charge in [0.2, 0.25) is 0 Å². The van der Waals surface area contributed by atoms with Crippen LogP contribution in [0.15, 0.2) is 12.2 Å². The Labute approximate surface area is 88.5 Å². The minimum Gasteiger partial charge on any atom is -0.478 e. The number of aliphatic carboxylic acids is 1. The number of nitrogens with two attached hydrogens (primary N) is 1. The molecule has 0 aliphatic carbocycles. The molecule has 0 radical (unpaired) electrons. The molecule has 0 rings (SSSR count). The lowest BCUT2D eigenvalue weighted by Crippen LogP contribution is -2.23. The molecule has 7 nitrogen and oxygen atoms in total. The van der Waals surface area contributed by atoms with E-state index in [9.17, 15) is 13.2 Å². The van der Waals surface area contributed by atoms with Crippen LogP contribution in [0.3, 0.4) is 0 Å². The zero-order chi connectivity index (χ0) is 12.6. The predicted octanol–water partition coefficient (Wildman–Crippen LogP) is -0.200. The molecule has 1 unspecified atom stereocenters. The second-order valence-electron chi connectivity index (χ2n) is 2.66. The number of carboxylic acids is 1. The highest BCUT2D eigenvalue weighted by molar-refractivity contribution is 7.80. The van der Waals surface area contributed by atoms with Crippen molar-refractivity contribution in [3.8, 4) is 0 Å². The molecule has 0 aliphatic heterocycles. The van der Waals surface area contributed by atoms with Crippen LogP contribution in [0.2, 0.25) is 0 Å². The van der Waals surface area contributed by atoms with Gasteiger partial charge in [-0.15, -0.1) is 0 Å². The molecule has 0 bridgehead atoms. The first-order valence-electron chi connectivity index (χ1n) is 3.84. The lowest BCUT2D eigenvalue weighted by molar-refractivity contribution is -0.132. The third kappa shape index (κ3) is 15.8. The number of carbonyl (C=O) groups is 1. The van der Waals surface area contributed by atoms with Gasteiger partial charge >= 0.3 is 16.4 Å². The predicted molar refractivity (Wildman–Crippen MR) is 53.6 cm³/mol. The highest BCUT2D eigenvalue weighted by atomic mass is 32.3. The number of hydrogen-bond acceptors (Lipinski definition) is 5. The van der Waals surface area contributed by atoms with E-state index in [0.29, 0.717) is 0 Å². The van der Waals surface area contributed by atoms with Gasteiger partial charge in [0, 0.05) is 12.1 Å². The fourth-order valence-corrected chi connectivity index (χ4v) is 0.741. The Kier molecular flexibility index (Phi) is 8.07. The summed E-state index contributed by atoms with van der Waals surface area (Å²) in [6.07, 6.45) is -0.667. The van der Waals surface area contributed by atoms with Gasteiger partial charge in [0.1, 0.15) is 0 Å². The Bertz CT molecular complexity index is 297. The first-order valence-corrected chi connectivity index (χ1v) is 5.21. The molecule has 0 saturated carbocycles. The van der Waals surface area contributed by atoms with Crippen molar-refractivity contribution in [1.29, 1.82) is 0 Å². The zero-order valence-corrected chi connectivity index (χ0v) is 9.32. The summed E-state index contributed by atoms with van der Waals surface area (Å²) in [4.78, 5) is 9.60. The molecule has 90 valence electrons. The second kappa shape index (κ2) is 7.35. The Balaban J connectivity index is 0. The highest BCUT2D eigenvalue weighted by Crippen LogP contribution is 1.92. The van der Waals surface area contributed by atoms with E-state index in [-0.39, 0.29) is 12.1 Å². The normalized spacial score (nSPS) is 12.3. The van der Waals surface area contributed by atoms with Gasteiger partial charge in [-0.05, 0) is 13.8 Å². The van der Waals surface area contributed by atoms with E-state index in [0.717, 1.165) is 0 Å². The molecular formula is C7H15NO6S. The summed E-state index contributed by atoms with van der Waals surface area (Å²) in [5, 5.41) is 7.89. The molecule has 0 aromatic carbocycles. The van der Waals surface area contributed by atoms with Crippen molar-refractivity contribution in [1.82, 2.24) is 0 Å². The van der Waals surface area contributed by atoms with Crippen LogP contribution in [0.4, 0.5) is 0 Å². The maximum atomic E-state index is 9.88. The minimum atomic E-state index is -4.32. The van der Waals surface area contributed by atoms with Crippen LogP contribution in [0, 0.1) is 0 Å². The molecule has 0 spiro atoms. The van der Waals surface area contributed by atoms with Crippen molar-refractivity contribution in [2.45, 2.75) is 20.0 Å². The van der Waals surface area contributed by atoms with E-state index in [4.69, 9.17) is 15.4 Å². The molecule has 0 aromatic heterocycles. The van der Waals surface area contributed by atoms with Gasteiger partial charge in [-0.1, -0.05) is 6.58 Å². The molecule has 0 aromatic rings. The van der Waals surface area contributed by atoms with Gasteiger partial charge in [0.15, 0.2) is 0 Å². The standard InChI is InChI=1S/C4H6O2.C3H9NO4S/c1-3(2)4(5)6;1-3(2-4)8-9(5,6)7/h1H2,2H3,(H,5,6);3H,2,4H2,1H3,(H,5,6,7). The van der Waals surface area contributed by atoms with Crippen molar-refractivity contribution in [3.63, 3.8) is 0 Å². The largest absolute Gasteiger partial charge is 0.478 e. The van der Waals surface area contributed by atoms with Gasteiger partial charge in [0.25, 0.3) is 0 Å².